The summed E-state index contributed by atoms with van der Waals surface area (Å²) < 4.78 is 12.1. The molecule has 1 amide bonds. The SMILES string of the molecule is CCCCCNC(=O)C(C)S(=O)C(C(=O)O)C(C)C. The second-order valence-electron chi connectivity index (χ2n) is 4.97. The molecule has 0 radical (unpaired) electrons. The standard InChI is InChI=1S/C13H25NO4S/c1-5-6-7-8-14-12(15)10(4)19(18)11(9(2)3)13(16)17/h9-11H,5-8H2,1-4H3,(H,14,15)(H,16,17). The number of hydrogen-bond acceptors (Lipinski definition) is 3. The van der Waals surface area contributed by atoms with Gasteiger partial charge in [-0.05, 0) is 19.3 Å². The third-order valence-corrected chi connectivity index (χ3v) is 5.05. The highest BCUT2D eigenvalue weighted by atomic mass is 32.2. The van der Waals surface area contributed by atoms with Gasteiger partial charge in [-0.15, -0.1) is 0 Å². The molecule has 0 bridgehead atoms. The van der Waals surface area contributed by atoms with Crippen molar-refractivity contribution < 1.29 is 18.9 Å². The molecule has 0 aliphatic heterocycles. The summed E-state index contributed by atoms with van der Waals surface area (Å²) in [4.78, 5) is 22.9. The Bertz CT molecular complexity index is 331. The zero-order valence-electron chi connectivity index (χ0n) is 12.1. The van der Waals surface area contributed by atoms with E-state index in [9.17, 15) is 13.8 Å². The molecule has 0 aromatic rings. The van der Waals surface area contributed by atoms with Crippen LogP contribution >= 0.6 is 0 Å². The van der Waals surface area contributed by atoms with Crippen molar-refractivity contribution in [3.8, 4) is 0 Å². The second kappa shape index (κ2) is 9.07. The lowest BCUT2D eigenvalue weighted by Crippen LogP contribution is -2.43. The summed E-state index contributed by atoms with van der Waals surface area (Å²) in [6, 6.07) is 0. The molecule has 5 nitrogen and oxygen atoms in total. The van der Waals surface area contributed by atoms with E-state index in [1.807, 2.05) is 0 Å². The molecule has 3 unspecified atom stereocenters. The Morgan fingerprint density at radius 3 is 2.21 bits per heavy atom. The minimum Gasteiger partial charge on any atom is -0.480 e. The first-order valence-corrected chi connectivity index (χ1v) is 8.00. The lowest BCUT2D eigenvalue weighted by atomic mass is 10.1. The van der Waals surface area contributed by atoms with E-state index in [-0.39, 0.29) is 11.8 Å². The van der Waals surface area contributed by atoms with Crippen LogP contribution < -0.4 is 5.32 Å². The van der Waals surface area contributed by atoms with E-state index in [2.05, 4.69) is 12.2 Å². The molecule has 112 valence electrons. The molecule has 0 aromatic heterocycles. The Labute approximate surface area is 117 Å². The molecule has 0 rings (SSSR count). The summed E-state index contributed by atoms with van der Waals surface area (Å²) in [7, 11) is -1.71. The van der Waals surface area contributed by atoms with Crippen LogP contribution in [0.3, 0.4) is 0 Å². The predicted molar refractivity (Wildman–Crippen MR) is 76.4 cm³/mol. The number of hydrogen-bond donors (Lipinski definition) is 2. The average molecular weight is 291 g/mol. The third-order valence-electron chi connectivity index (χ3n) is 2.90. The second-order valence-corrected chi connectivity index (χ2v) is 6.84. The lowest BCUT2D eigenvalue weighted by molar-refractivity contribution is -0.137. The fourth-order valence-corrected chi connectivity index (χ4v) is 3.18. The maximum Gasteiger partial charge on any atom is 0.319 e. The molecule has 0 aromatic carbocycles. The van der Waals surface area contributed by atoms with Gasteiger partial charge in [-0.25, -0.2) is 0 Å². The quantitative estimate of drug-likeness (QED) is 0.631. The number of rotatable bonds is 9. The fourth-order valence-electron chi connectivity index (χ4n) is 1.71. The smallest absolute Gasteiger partial charge is 0.319 e. The van der Waals surface area contributed by atoms with Crippen molar-refractivity contribution in [2.75, 3.05) is 6.54 Å². The summed E-state index contributed by atoms with van der Waals surface area (Å²) in [5, 5.41) is 9.97. The minimum absolute atomic E-state index is 0.270. The van der Waals surface area contributed by atoms with Crippen molar-refractivity contribution in [2.24, 2.45) is 5.92 Å². The van der Waals surface area contributed by atoms with Gasteiger partial charge in [0.2, 0.25) is 5.91 Å². The molecule has 0 heterocycles. The van der Waals surface area contributed by atoms with E-state index in [1.54, 1.807) is 13.8 Å². The number of aliphatic carboxylic acids is 1. The van der Waals surface area contributed by atoms with Gasteiger partial charge in [0.05, 0.1) is 0 Å². The van der Waals surface area contributed by atoms with Gasteiger partial charge in [-0.1, -0.05) is 33.6 Å². The van der Waals surface area contributed by atoms with Gasteiger partial charge in [-0.2, -0.15) is 0 Å². The summed E-state index contributed by atoms with van der Waals surface area (Å²) in [6.07, 6.45) is 2.97. The van der Waals surface area contributed by atoms with Gasteiger partial charge in [0.15, 0.2) is 0 Å². The Hall–Kier alpha value is -0.910. The van der Waals surface area contributed by atoms with Crippen LogP contribution in [-0.4, -0.2) is 38.2 Å². The largest absolute Gasteiger partial charge is 0.480 e. The highest BCUT2D eigenvalue weighted by Gasteiger charge is 2.34. The van der Waals surface area contributed by atoms with Crippen LogP contribution in [0.25, 0.3) is 0 Å². The topological polar surface area (TPSA) is 83.5 Å². The van der Waals surface area contributed by atoms with Gasteiger partial charge >= 0.3 is 5.97 Å². The van der Waals surface area contributed by atoms with Crippen LogP contribution in [0.1, 0.15) is 47.0 Å². The number of amides is 1. The molecular formula is C13H25NO4S. The first-order chi connectivity index (χ1) is 8.82. The van der Waals surface area contributed by atoms with Gasteiger partial charge in [0.1, 0.15) is 10.5 Å². The third kappa shape index (κ3) is 6.18. The van der Waals surface area contributed by atoms with Gasteiger partial charge in [-0.3, -0.25) is 13.8 Å². The molecular weight excluding hydrogens is 266 g/mol. The molecule has 0 aliphatic carbocycles. The molecule has 0 spiro atoms. The zero-order valence-corrected chi connectivity index (χ0v) is 13.0. The van der Waals surface area contributed by atoms with Crippen LogP contribution in [0, 0.1) is 5.92 Å². The summed E-state index contributed by atoms with van der Waals surface area (Å²) in [5.41, 5.74) is 0. The van der Waals surface area contributed by atoms with E-state index < -0.39 is 27.3 Å². The summed E-state index contributed by atoms with van der Waals surface area (Å²) >= 11 is 0. The normalized spacial score (nSPS) is 15.8. The monoisotopic (exact) mass is 291 g/mol. The minimum atomic E-state index is -1.71. The number of carbonyl (C=O) groups is 2. The highest BCUT2D eigenvalue weighted by Crippen LogP contribution is 2.14. The van der Waals surface area contributed by atoms with Crippen molar-refractivity contribution >= 4 is 22.7 Å². The fraction of sp³-hybridized carbons (Fsp3) is 0.846. The first kappa shape index (κ1) is 18.1. The van der Waals surface area contributed by atoms with E-state index >= 15 is 0 Å². The first-order valence-electron chi connectivity index (χ1n) is 6.72. The summed E-state index contributed by atoms with van der Waals surface area (Å²) in [5.74, 6) is -1.71. The Balaban J connectivity index is 4.45. The Morgan fingerprint density at radius 2 is 1.79 bits per heavy atom. The van der Waals surface area contributed by atoms with Crippen LogP contribution in [0.2, 0.25) is 0 Å². The molecule has 6 heteroatoms. The Morgan fingerprint density at radius 1 is 1.21 bits per heavy atom. The van der Waals surface area contributed by atoms with E-state index in [0.29, 0.717) is 6.54 Å². The van der Waals surface area contributed by atoms with Crippen LogP contribution in [0.15, 0.2) is 0 Å². The predicted octanol–water partition coefficient (Wildman–Crippen LogP) is 1.54. The van der Waals surface area contributed by atoms with Gasteiger partial charge in [0, 0.05) is 17.3 Å². The van der Waals surface area contributed by atoms with Gasteiger partial charge in [0.25, 0.3) is 0 Å². The molecule has 0 aliphatic rings. The number of carboxylic acids is 1. The maximum atomic E-state index is 12.1. The molecule has 2 N–H and O–H groups in total. The molecule has 19 heavy (non-hydrogen) atoms. The number of unbranched alkanes of at least 4 members (excludes halogenated alkanes) is 2. The van der Waals surface area contributed by atoms with Crippen molar-refractivity contribution in [1.29, 1.82) is 0 Å². The lowest BCUT2D eigenvalue weighted by Gasteiger charge is -2.20. The molecule has 0 saturated carbocycles. The van der Waals surface area contributed by atoms with Crippen molar-refractivity contribution in [3.05, 3.63) is 0 Å². The average Bonchev–Trinajstić information content (AvgIpc) is 2.32. The van der Waals surface area contributed by atoms with Gasteiger partial charge < -0.3 is 10.4 Å². The highest BCUT2D eigenvalue weighted by molar-refractivity contribution is 7.87. The van der Waals surface area contributed by atoms with Crippen molar-refractivity contribution in [2.45, 2.75) is 57.5 Å². The van der Waals surface area contributed by atoms with Crippen molar-refractivity contribution in [3.63, 3.8) is 0 Å². The molecule has 3 atom stereocenters. The van der Waals surface area contributed by atoms with Crippen molar-refractivity contribution in [1.82, 2.24) is 5.32 Å². The molecule has 0 saturated heterocycles. The van der Waals surface area contributed by atoms with E-state index in [0.717, 1.165) is 19.3 Å². The van der Waals surface area contributed by atoms with Crippen LogP contribution in [0.5, 0.6) is 0 Å². The number of nitrogens with one attached hydrogen (secondary N) is 1. The van der Waals surface area contributed by atoms with Crippen LogP contribution in [-0.2, 0) is 20.4 Å². The number of carboxylic acid groups (broad SMARTS) is 1. The van der Waals surface area contributed by atoms with E-state index in [1.165, 1.54) is 6.92 Å². The zero-order chi connectivity index (χ0) is 15.0. The summed E-state index contributed by atoms with van der Waals surface area (Å²) in [6.45, 7) is 7.53. The van der Waals surface area contributed by atoms with E-state index in [4.69, 9.17) is 5.11 Å². The maximum absolute atomic E-state index is 12.1. The number of carbonyl (C=O) groups excluding carboxylic acids is 1. The molecule has 0 fully saturated rings. The Kier molecular flexibility index (Phi) is 8.63. The van der Waals surface area contributed by atoms with Crippen LogP contribution in [0.4, 0.5) is 0 Å².